The molecule has 0 aliphatic carbocycles. The molecule has 0 unspecified atom stereocenters. The number of benzene rings is 1. The maximum absolute atomic E-state index is 9.45. The van der Waals surface area contributed by atoms with E-state index in [2.05, 4.69) is 15.3 Å². The van der Waals surface area contributed by atoms with E-state index in [1.54, 1.807) is 10.9 Å². The molecule has 3 aromatic rings. The minimum Gasteiger partial charge on any atom is -0.390 e. The molecule has 0 aliphatic heterocycles. The Labute approximate surface area is 116 Å². The Hall–Kier alpha value is -2.53. The first-order valence-corrected chi connectivity index (χ1v) is 6.33. The average molecular weight is 266 g/mol. The maximum atomic E-state index is 9.45. The largest absolute Gasteiger partial charge is 0.390 e. The van der Waals surface area contributed by atoms with E-state index >= 15 is 0 Å². The van der Waals surface area contributed by atoms with Crippen molar-refractivity contribution >= 4 is 0 Å². The van der Waals surface area contributed by atoms with Crippen molar-refractivity contribution in [2.45, 2.75) is 13.5 Å². The Balaban J connectivity index is 2.20. The van der Waals surface area contributed by atoms with Gasteiger partial charge in [0.2, 0.25) is 0 Å². The molecule has 1 aromatic carbocycles. The van der Waals surface area contributed by atoms with Gasteiger partial charge in [-0.25, -0.2) is 4.68 Å². The van der Waals surface area contributed by atoms with Gasteiger partial charge in [-0.3, -0.25) is 4.98 Å². The number of aryl methyl sites for hydroxylation is 1. The Morgan fingerprint density at radius 3 is 2.75 bits per heavy atom. The van der Waals surface area contributed by atoms with Crippen molar-refractivity contribution in [3.05, 3.63) is 59.9 Å². The van der Waals surface area contributed by atoms with Gasteiger partial charge in [0.15, 0.2) is 0 Å². The van der Waals surface area contributed by atoms with Crippen molar-refractivity contribution in [2.24, 2.45) is 0 Å². The van der Waals surface area contributed by atoms with E-state index in [0.717, 1.165) is 22.6 Å². The summed E-state index contributed by atoms with van der Waals surface area (Å²) >= 11 is 0. The third-order valence-corrected chi connectivity index (χ3v) is 3.04. The summed E-state index contributed by atoms with van der Waals surface area (Å²) in [5, 5.41) is 17.6. The summed E-state index contributed by atoms with van der Waals surface area (Å²) in [6, 6.07) is 13.6. The quantitative estimate of drug-likeness (QED) is 0.788. The minimum absolute atomic E-state index is 0.169. The lowest BCUT2D eigenvalue weighted by atomic mass is 10.2. The van der Waals surface area contributed by atoms with Crippen LogP contribution in [0.2, 0.25) is 0 Å². The highest BCUT2D eigenvalue weighted by atomic mass is 16.3. The average Bonchev–Trinajstić information content (AvgIpc) is 2.92. The third kappa shape index (κ3) is 2.19. The summed E-state index contributed by atoms with van der Waals surface area (Å²) in [6.45, 7) is 1.85. The van der Waals surface area contributed by atoms with Crippen LogP contribution in [0.25, 0.3) is 17.1 Å². The molecule has 100 valence electrons. The number of nitrogens with zero attached hydrogens (tertiary/aromatic N) is 4. The SMILES string of the molecule is Cc1cccc(-n2nnc(CO)c2-c2ccccn2)c1. The summed E-state index contributed by atoms with van der Waals surface area (Å²) < 4.78 is 1.71. The van der Waals surface area contributed by atoms with Gasteiger partial charge in [0, 0.05) is 6.20 Å². The number of aliphatic hydroxyl groups is 1. The van der Waals surface area contributed by atoms with E-state index in [9.17, 15) is 5.11 Å². The van der Waals surface area contributed by atoms with Crippen LogP contribution >= 0.6 is 0 Å². The van der Waals surface area contributed by atoms with Crippen LogP contribution in [-0.4, -0.2) is 25.1 Å². The summed E-state index contributed by atoms with van der Waals surface area (Å²) in [4.78, 5) is 4.33. The zero-order chi connectivity index (χ0) is 13.9. The third-order valence-electron chi connectivity index (χ3n) is 3.04. The summed E-state index contributed by atoms with van der Waals surface area (Å²) in [5.74, 6) is 0. The molecule has 3 rings (SSSR count). The van der Waals surface area contributed by atoms with Crippen LogP contribution in [0.3, 0.4) is 0 Å². The van der Waals surface area contributed by atoms with Gasteiger partial charge in [-0.05, 0) is 36.8 Å². The van der Waals surface area contributed by atoms with Crippen molar-refractivity contribution in [2.75, 3.05) is 0 Å². The molecule has 0 aliphatic rings. The van der Waals surface area contributed by atoms with Gasteiger partial charge >= 0.3 is 0 Å². The second-order valence-corrected chi connectivity index (χ2v) is 4.51. The highest BCUT2D eigenvalue weighted by Crippen LogP contribution is 2.23. The van der Waals surface area contributed by atoms with Crippen molar-refractivity contribution in [1.29, 1.82) is 0 Å². The molecule has 0 saturated carbocycles. The van der Waals surface area contributed by atoms with Crippen LogP contribution in [0.5, 0.6) is 0 Å². The number of aliphatic hydroxyl groups excluding tert-OH is 1. The Kier molecular flexibility index (Phi) is 3.26. The van der Waals surface area contributed by atoms with Crippen LogP contribution in [0.15, 0.2) is 48.7 Å². The first-order valence-electron chi connectivity index (χ1n) is 6.33. The van der Waals surface area contributed by atoms with Crippen molar-refractivity contribution < 1.29 is 5.11 Å². The van der Waals surface area contributed by atoms with E-state index in [1.807, 2.05) is 49.4 Å². The molecule has 1 N–H and O–H groups in total. The molecule has 20 heavy (non-hydrogen) atoms. The predicted octanol–water partition coefficient (Wildman–Crippen LogP) is 2.13. The van der Waals surface area contributed by atoms with Gasteiger partial charge in [0.05, 0.1) is 18.0 Å². The fourth-order valence-corrected chi connectivity index (χ4v) is 2.12. The van der Waals surface area contributed by atoms with E-state index < -0.39 is 0 Å². The van der Waals surface area contributed by atoms with Crippen molar-refractivity contribution in [3.8, 4) is 17.1 Å². The molecule has 0 saturated heterocycles. The van der Waals surface area contributed by atoms with Crippen LogP contribution in [0.1, 0.15) is 11.3 Å². The lowest BCUT2D eigenvalue weighted by Crippen LogP contribution is -2.01. The number of hydrogen-bond acceptors (Lipinski definition) is 4. The lowest BCUT2D eigenvalue weighted by molar-refractivity contribution is 0.277. The highest BCUT2D eigenvalue weighted by molar-refractivity contribution is 5.60. The van der Waals surface area contributed by atoms with Crippen LogP contribution in [0, 0.1) is 6.92 Å². The zero-order valence-corrected chi connectivity index (χ0v) is 11.1. The first kappa shape index (κ1) is 12.5. The summed E-state index contributed by atoms with van der Waals surface area (Å²) in [7, 11) is 0. The second kappa shape index (κ2) is 5.22. The summed E-state index contributed by atoms with van der Waals surface area (Å²) in [5.41, 5.74) is 4.01. The molecule has 2 aromatic heterocycles. The van der Waals surface area contributed by atoms with Crippen LogP contribution < -0.4 is 0 Å². The first-order chi connectivity index (χ1) is 9.79. The maximum Gasteiger partial charge on any atom is 0.118 e. The highest BCUT2D eigenvalue weighted by Gasteiger charge is 2.16. The second-order valence-electron chi connectivity index (χ2n) is 4.51. The number of aromatic nitrogens is 4. The molecule has 2 heterocycles. The molecule has 0 amide bonds. The zero-order valence-electron chi connectivity index (χ0n) is 11.1. The predicted molar refractivity (Wildman–Crippen MR) is 75.2 cm³/mol. The van der Waals surface area contributed by atoms with Gasteiger partial charge in [0.1, 0.15) is 11.4 Å². The Bertz CT molecular complexity index is 722. The molecular formula is C15H14N4O. The minimum atomic E-state index is -0.169. The normalized spacial score (nSPS) is 10.7. The summed E-state index contributed by atoms with van der Waals surface area (Å²) in [6.07, 6.45) is 1.71. The monoisotopic (exact) mass is 266 g/mol. The molecule has 0 fully saturated rings. The fraction of sp³-hybridized carbons (Fsp3) is 0.133. The molecule has 0 bridgehead atoms. The smallest absolute Gasteiger partial charge is 0.118 e. The lowest BCUT2D eigenvalue weighted by Gasteiger charge is -2.07. The van der Waals surface area contributed by atoms with Crippen molar-refractivity contribution in [3.63, 3.8) is 0 Å². The van der Waals surface area contributed by atoms with Crippen LogP contribution in [-0.2, 0) is 6.61 Å². The molecule has 0 spiro atoms. The Morgan fingerprint density at radius 1 is 1.15 bits per heavy atom. The molecular weight excluding hydrogens is 252 g/mol. The fourth-order valence-electron chi connectivity index (χ4n) is 2.12. The standard InChI is InChI=1S/C15H14N4O/c1-11-5-4-6-12(9-11)19-15(14(10-20)17-18-19)13-7-2-3-8-16-13/h2-9,20H,10H2,1H3. The van der Waals surface area contributed by atoms with Crippen molar-refractivity contribution in [1.82, 2.24) is 20.0 Å². The number of hydrogen-bond donors (Lipinski definition) is 1. The number of pyridine rings is 1. The van der Waals surface area contributed by atoms with E-state index in [0.29, 0.717) is 5.69 Å². The van der Waals surface area contributed by atoms with Gasteiger partial charge in [-0.2, -0.15) is 0 Å². The van der Waals surface area contributed by atoms with Gasteiger partial charge in [0.25, 0.3) is 0 Å². The molecule has 0 radical (unpaired) electrons. The van der Waals surface area contributed by atoms with Gasteiger partial charge < -0.3 is 5.11 Å². The number of rotatable bonds is 3. The van der Waals surface area contributed by atoms with E-state index in [4.69, 9.17) is 0 Å². The van der Waals surface area contributed by atoms with E-state index in [-0.39, 0.29) is 6.61 Å². The molecule has 5 heteroatoms. The van der Waals surface area contributed by atoms with E-state index in [1.165, 1.54) is 0 Å². The van der Waals surface area contributed by atoms with Gasteiger partial charge in [-0.15, -0.1) is 5.10 Å². The topological polar surface area (TPSA) is 63.8 Å². The molecule has 5 nitrogen and oxygen atoms in total. The van der Waals surface area contributed by atoms with Crippen LogP contribution in [0.4, 0.5) is 0 Å². The molecule has 0 atom stereocenters. The van der Waals surface area contributed by atoms with Gasteiger partial charge in [-0.1, -0.05) is 23.4 Å². The Morgan fingerprint density at radius 2 is 2.05 bits per heavy atom.